The van der Waals surface area contributed by atoms with Crippen LogP contribution in [0.25, 0.3) is 0 Å². The molecule has 1 fully saturated rings. The minimum Gasteiger partial charge on any atom is -0.299 e. The normalized spacial score (nSPS) is 19.9. The summed E-state index contributed by atoms with van der Waals surface area (Å²) in [6.45, 7) is 4.90. The molecule has 0 unspecified atom stereocenters. The third kappa shape index (κ3) is 4.49. The largest absolute Gasteiger partial charge is 0.299 e. The molecule has 1 atom stereocenters. The Morgan fingerprint density at radius 2 is 2.14 bits per heavy atom. The Morgan fingerprint density at radius 1 is 1.41 bits per heavy atom. The summed E-state index contributed by atoms with van der Waals surface area (Å²) in [5.41, 5.74) is 0.689. The van der Waals surface area contributed by atoms with Gasteiger partial charge in [0.25, 0.3) is 10.2 Å². The standard InChI is InChI=1S/C15H24FN3O2S/c1-3-18(2)22(20,21)17-10-13-8-9-19(11-13)12-14-6-4-5-7-15(14)16/h4-7,13,17H,3,8-12H2,1-2H3/t13-/m1/s1. The smallest absolute Gasteiger partial charge is 0.279 e. The fourth-order valence-corrected chi connectivity index (χ4v) is 3.60. The lowest BCUT2D eigenvalue weighted by Gasteiger charge is -2.19. The van der Waals surface area contributed by atoms with Crippen LogP contribution in [0.1, 0.15) is 18.9 Å². The highest BCUT2D eigenvalue weighted by Gasteiger charge is 2.25. The third-order valence-electron chi connectivity index (χ3n) is 4.13. The van der Waals surface area contributed by atoms with E-state index in [0.717, 1.165) is 19.5 Å². The van der Waals surface area contributed by atoms with Gasteiger partial charge in [-0.2, -0.15) is 12.7 Å². The molecule has 22 heavy (non-hydrogen) atoms. The van der Waals surface area contributed by atoms with Crippen molar-refractivity contribution in [3.63, 3.8) is 0 Å². The number of nitrogens with one attached hydrogen (secondary N) is 1. The van der Waals surface area contributed by atoms with E-state index < -0.39 is 10.2 Å². The summed E-state index contributed by atoms with van der Waals surface area (Å²) >= 11 is 0. The van der Waals surface area contributed by atoms with Gasteiger partial charge in [0.1, 0.15) is 5.82 Å². The van der Waals surface area contributed by atoms with Gasteiger partial charge in [-0.1, -0.05) is 25.1 Å². The third-order valence-corrected chi connectivity index (χ3v) is 5.74. The molecule has 1 aliphatic heterocycles. The van der Waals surface area contributed by atoms with Crippen molar-refractivity contribution in [1.82, 2.24) is 13.9 Å². The van der Waals surface area contributed by atoms with Crippen LogP contribution < -0.4 is 4.72 Å². The fourth-order valence-electron chi connectivity index (χ4n) is 2.59. The number of hydrogen-bond acceptors (Lipinski definition) is 3. The lowest BCUT2D eigenvalue weighted by Crippen LogP contribution is -2.40. The Hall–Kier alpha value is -1.02. The molecule has 0 bridgehead atoms. The van der Waals surface area contributed by atoms with Crippen LogP contribution in [-0.2, 0) is 16.8 Å². The van der Waals surface area contributed by atoms with Crippen LogP contribution in [0.2, 0.25) is 0 Å². The quantitative estimate of drug-likeness (QED) is 0.823. The molecular weight excluding hydrogens is 305 g/mol. The molecule has 0 saturated carbocycles. The lowest BCUT2D eigenvalue weighted by molar-refractivity contribution is 0.311. The second-order valence-electron chi connectivity index (χ2n) is 5.75. The summed E-state index contributed by atoms with van der Waals surface area (Å²) in [4.78, 5) is 2.17. The molecule has 2 rings (SSSR count). The Balaban J connectivity index is 1.82. The number of rotatable bonds is 7. The van der Waals surface area contributed by atoms with E-state index in [1.165, 1.54) is 10.4 Å². The monoisotopic (exact) mass is 329 g/mol. The van der Waals surface area contributed by atoms with E-state index in [1.807, 2.05) is 6.07 Å². The van der Waals surface area contributed by atoms with Crippen molar-refractivity contribution >= 4 is 10.2 Å². The van der Waals surface area contributed by atoms with Crippen molar-refractivity contribution in [2.24, 2.45) is 5.92 Å². The van der Waals surface area contributed by atoms with Gasteiger partial charge in [-0.05, 0) is 24.9 Å². The average Bonchev–Trinajstić information content (AvgIpc) is 2.94. The number of likely N-dealkylation sites (tertiary alicyclic amines) is 1. The highest BCUT2D eigenvalue weighted by molar-refractivity contribution is 7.87. The highest BCUT2D eigenvalue weighted by Crippen LogP contribution is 2.19. The van der Waals surface area contributed by atoms with Crippen LogP contribution in [0, 0.1) is 11.7 Å². The van der Waals surface area contributed by atoms with Crippen molar-refractivity contribution in [1.29, 1.82) is 0 Å². The zero-order valence-corrected chi connectivity index (χ0v) is 13.9. The number of halogens is 1. The molecule has 1 heterocycles. The van der Waals surface area contributed by atoms with Crippen molar-refractivity contribution in [2.45, 2.75) is 19.9 Å². The van der Waals surface area contributed by atoms with E-state index >= 15 is 0 Å². The van der Waals surface area contributed by atoms with Crippen molar-refractivity contribution < 1.29 is 12.8 Å². The maximum atomic E-state index is 13.6. The average molecular weight is 329 g/mol. The Morgan fingerprint density at radius 3 is 2.82 bits per heavy atom. The van der Waals surface area contributed by atoms with Gasteiger partial charge in [-0.15, -0.1) is 0 Å². The van der Waals surface area contributed by atoms with Crippen LogP contribution in [-0.4, -0.2) is 50.8 Å². The number of benzene rings is 1. The summed E-state index contributed by atoms with van der Waals surface area (Å²) in [5, 5.41) is 0. The fraction of sp³-hybridized carbons (Fsp3) is 0.600. The summed E-state index contributed by atoms with van der Waals surface area (Å²) in [7, 11) is -1.82. The Kier molecular flexibility index (Phi) is 5.91. The van der Waals surface area contributed by atoms with E-state index in [9.17, 15) is 12.8 Å². The first kappa shape index (κ1) is 17.3. The van der Waals surface area contributed by atoms with Crippen molar-refractivity contribution in [3.8, 4) is 0 Å². The van der Waals surface area contributed by atoms with E-state index in [2.05, 4.69) is 9.62 Å². The van der Waals surface area contributed by atoms with Gasteiger partial charge in [-0.25, -0.2) is 9.11 Å². The molecule has 124 valence electrons. The molecular formula is C15H24FN3O2S. The lowest BCUT2D eigenvalue weighted by atomic mass is 10.1. The summed E-state index contributed by atoms with van der Waals surface area (Å²) in [5.74, 6) is 0.0861. The van der Waals surface area contributed by atoms with Crippen LogP contribution in [0.4, 0.5) is 4.39 Å². The molecule has 1 aromatic carbocycles. The van der Waals surface area contributed by atoms with Crippen molar-refractivity contribution in [3.05, 3.63) is 35.6 Å². The predicted molar refractivity (Wildman–Crippen MR) is 85.0 cm³/mol. The zero-order chi connectivity index (χ0) is 16.2. The van der Waals surface area contributed by atoms with Crippen LogP contribution >= 0.6 is 0 Å². The first-order valence-electron chi connectivity index (χ1n) is 7.59. The molecule has 0 radical (unpaired) electrons. The molecule has 1 saturated heterocycles. The van der Waals surface area contributed by atoms with Crippen molar-refractivity contribution in [2.75, 3.05) is 33.2 Å². The van der Waals surface area contributed by atoms with E-state index in [0.29, 0.717) is 25.2 Å². The van der Waals surface area contributed by atoms with E-state index in [1.54, 1.807) is 26.1 Å². The second kappa shape index (κ2) is 7.50. The van der Waals surface area contributed by atoms with Gasteiger partial charge < -0.3 is 0 Å². The Labute approximate surface area is 132 Å². The second-order valence-corrected chi connectivity index (χ2v) is 7.61. The minimum absolute atomic E-state index is 0.184. The maximum Gasteiger partial charge on any atom is 0.279 e. The molecule has 5 nitrogen and oxygen atoms in total. The number of hydrogen-bond donors (Lipinski definition) is 1. The van der Waals surface area contributed by atoms with E-state index in [4.69, 9.17) is 0 Å². The van der Waals surface area contributed by atoms with E-state index in [-0.39, 0.29) is 11.7 Å². The van der Waals surface area contributed by atoms with Gasteiger partial charge in [0.2, 0.25) is 0 Å². The maximum absolute atomic E-state index is 13.6. The predicted octanol–water partition coefficient (Wildman–Crippen LogP) is 1.43. The first-order valence-corrected chi connectivity index (χ1v) is 9.03. The van der Waals surface area contributed by atoms with Crippen LogP contribution in [0.15, 0.2) is 24.3 Å². The number of nitrogens with zero attached hydrogens (tertiary/aromatic N) is 2. The topological polar surface area (TPSA) is 52.7 Å². The van der Waals surface area contributed by atoms with Gasteiger partial charge in [0.05, 0.1) is 0 Å². The molecule has 7 heteroatoms. The molecule has 1 N–H and O–H groups in total. The SMILES string of the molecule is CCN(C)S(=O)(=O)NC[C@H]1CCN(Cc2ccccc2F)C1. The summed E-state index contributed by atoms with van der Waals surface area (Å²) in [6, 6.07) is 6.78. The van der Waals surface area contributed by atoms with Crippen LogP contribution in [0.5, 0.6) is 0 Å². The zero-order valence-electron chi connectivity index (χ0n) is 13.1. The summed E-state index contributed by atoms with van der Waals surface area (Å²) < 4.78 is 41.4. The molecule has 0 aliphatic carbocycles. The Bertz CT molecular complexity index is 594. The minimum atomic E-state index is -3.38. The summed E-state index contributed by atoms with van der Waals surface area (Å²) in [6.07, 6.45) is 0.923. The molecule has 1 aliphatic rings. The molecule has 0 spiro atoms. The highest BCUT2D eigenvalue weighted by atomic mass is 32.2. The van der Waals surface area contributed by atoms with Gasteiger partial charge in [0, 0.05) is 38.8 Å². The van der Waals surface area contributed by atoms with Gasteiger partial charge >= 0.3 is 0 Å². The van der Waals surface area contributed by atoms with Crippen LogP contribution in [0.3, 0.4) is 0 Å². The van der Waals surface area contributed by atoms with Gasteiger partial charge in [0.15, 0.2) is 0 Å². The van der Waals surface area contributed by atoms with Gasteiger partial charge in [-0.3, -0.25) is 4.90 Å². The first-order chi connectivity index (χ1) is 10.4. The molecule has 1 aromatic rings. The molecule has 0 aromatic heterocycles. The molecule has 0 amide bonds.